The van der Waals surface area contributed by atoms with Crippen LogP contribution in [-0.4, -0.2) is 27.2 Å². The van der Waals surface area contributed by atoms with Crippen molar-refractivity contribution in [2.45, 2.75) is 0 Å². The van der Waals surface area contributed by atoms with E-state index in [1.54, 1.807) is 18.2 Å². The minimum atomic E-state index is -3.58. The second-order valence-electron chi connectivity index (χ2n) is 5.12. The summed E-state index contributed by atoms with van der Waals surface area (Å²) in [7, 11) is -3.58. The Morgan fingerprint density at radius 1 is 1.08 bits per heavy atom. The average Bonchev–Trinajstić information content (AvgIpc) is 2.99. The molecule has 0 fully saturated rings. The number of fused-ring (bicyclic) bond motifs is 1. The zero-order valence-electron chi connectivity index (χ0n) is 12.8. The van der Waals surface area contributed by atoms with Crippen LogP contribution < -0.4 is 13.7 Å². The van der Waals surface area contributed by atoms with Crippen molar-refractivity contribution in [3.63, 3.8) is 0 Å². The first kappa shape index (κ1) is 16.1. The van der Waals surface area contributed by atoms with Crippen LogP contribution in [0.2, 0.25) is 0 Å². The summed E-state index contributed by atoms with van der Waals surface area (Å²) in [6.45, 7) is 0.198. The van der Waals surface area contributed by atoms with Gasteiger partial charge in [-0.2, -0.15) is 8.42 Å². The predicted molar refractivity (Wildman–Crippen MR) is 87.8 cm³/mol. The Bertz CT molecular complexity index is 897. The molecule has 1 aliphatic heterocycles. The van der Waals surface area contributed by atoms with Crippen molar-refractivity contribution in [2.75, 3.05) is 13.0 Å². The van der Waals surface area contributed by atoms with Crippen LogP contribution in [0, 0.1) is 0 Å². The van der Waals surface area contributed by atoms with E-state index >= 15 is 0 Å². The van der Waals surface area contributed by atoms with Crippen molar-refractivity contribution in [3.8, 4) is 17.2 Å². The highest BCUT2D eigenvalue weighted by Gasteiger charge is 2.12. The molecule has 0 radical (unpaired) electrons. The molecule has 7 heteroatoms. The Morgan fingerprint density at radius 3 is 2.50 bits per heavy atom. The normalized spacial score (nSPS) is 13.2. The van der Waals surface area contributed by atoms with E-state index in [0.29, 0.717) is 17.1 Å². The summed E-state index contributed by atoms with van der Waals surface area (Å²) in [4.78, 5) is 12.1. The summed E-state index contributed by atoms with van der Waals surface area (Å²) in [5, 5.41) is 0. The maximum absolute atomic E-state index is 12.1. The van der Waals surface area contributed by atoms with E-state index in [-0.39, 0.29) is 18.3 Å². The molecule has 0 unspecified atom stereocenters. The minimum Gasteiger partial charge on any atom is -0.454 e. The number of carbonyl (C=O) groups excluding carboxylic acids is 1. The SMILES string of the molecule is CS(=O)(=O)Oc1ccc(C(=O)/C=C/c2ccc3c(c2)OCO3)cc1. The lowest BCUT2D eigenvalue weighted by molar-refractivity contribution is 0.104. The van der Waals surface area contributed by atoms with E-state index in [0.717, 1.165) is 11.8 Å². The van der Waals surface area contributed by atoms with E-state index in [9.17, 15) is 13.2 Å². The Hall–Kier alpha value is -2.80. The van der Waals surface area contributed by atoms with Crippen LogP contribution in [0.15, 0.2) is 48.5 Å². The zero-order chi connectivity index (χ0) is 17.2. The first-order chi connectivity index (χ1) is 11.4. The largest absolute Gasteiger partial charge is 0.454 e. The van der Waals surface area contributed by atoms with Crippen LogP contribution in [0.5, 0.6) is 17.2 Å². The molecule has 0 atom stereocenters. The lowest BCUT2D eigenvalue weighted by Gasteiger charge is -2.03. The maximum Gasteiger partial charge on any atom is 0.306 e. The second-order valence-corrected chi connectivity index (χ2v) is 6.70. The van der Waals surface area contributed by atoms with Gasteiger partial charge in [0.25, 0.3) is 0 Å². The molecule has 0 amide bonds. The molecular formula is C17H14O6S. The van der Waals surface area contributed by atoms with E-state index in [4.69, 9.17) is 13.7 Å². The molecule has 0 N–H and O–H groups in total. The van der Waals surface area contributed by atoms with E-state index in [1.165, 1.54) is 30.3 Å². The number of ether oxygens (including phenoxy) is 2. The van der Waals surface area contributed by atoms with Crippen LogP contribution in [0.3, 0.4) is 0 Å². The molecule has 0 aliphatic carbocycles. The van der Waals surface area contributed by atoms with Gasteiger partial charge in [0, 0.05) is 5.56 Å². The van der Waals surface area contributed by atoms with Crippen molar-refractivity contribution in [3.05, 3.63) is 59.7 Å². The maximum atomic E-state index is 12.1. The number of ketones is 1. The van der Waals surface area contributed by atoms with E-state index < -0.39 is 10.1 Å². The molecule has 0 spiro atoms. The predicted octanol–water partition coefficient (Wildman–Crippen LogP) is 2.65. The number of allylic oxidation sites excluding steroid dienone is 1. The van der Waals surface area contributed by atoms with Crippen molar-refractivity contribution in [2.24, 2.45) is 0 Å². The van der Waals surface area contributed by atoms with Crippen LogP contribution in [0.4, 0.5) is 0 Å². The Balaban J connectivity index is 1.70. The van der Waals surface area contributed by atoms with Gasteiger partial charge in [-0.05, 0) is 48.0 Å². The van der Waals surface area contributed by atoms with Crippen molar-refractivity contribution >= 4 is 22.0 Å². The molecular weight excluding hydrogens is 332 g/mol. The molecule has 0 saturated carbocycles. The lowest BCUT2D eigenvalue weighted by atomic mass is 10.1. The number of hydrogen-bond donors (Lipinski definition) is 0. The van der Waals surface area contributed by atoms with Gasteiger partial charge in [0.05, 0.1) is 6.26 Å². The van der Waals surface area contributed by atoms with Crippen molar-refractivity contribution in [1.82, 2.24) is 0 Å². The number of rotatable bonds is 5. The highest BCUT2D eigenvalue weighted by atomic mass is 32.2. The smallest absolute Gasteiger partial charge is 0.306 e. The van der Waals surface area contributed by atoms with E-state index in [2.05, 4.69) is 0 Å². The second kappa shape index (κ2) is 6.37. The molecule has 0 bridgehead atoms. The Kier molecular flexibility index (Phi) is 4.26. The Labute approximate surface area is 139 Å². The summed E-state index contributed by atoms with van der Waals surface area (Å²) in [6, 6.07) is 11.3. The van der Waals surface area contributed by atoms with Crippen LogP contribution in [0.1, 0.15) is 15.9 Å². The molecule has 124 valence electrons. The van der Waals surface area contributed by atoms with Gasteiger partial charge in [0.15, 0.2) is 17.3 Å². The molecule has 6 nitrogen and oxygen atoms in total. The molecule has 0 saturated heterocycles. The first-order valence-electron chi connectivity index (χ1n) is 7.02. The lowest BCUT2D eigenvalue weighted by Crippen LogP contribution is -2.05. The topological polar surface area (TPSA) is 78.9 Å². The third kappa shape index (κ3) is 3.94. The standard InChI is InChI=1S/C17H14O6S/c1-24(19,20)23-14-6-4-13(5-7-14)15(18)8-2-12-3-9-16-17(10-12)22-11-21-16/h2-10H,11H2,1H3/b8-2+. The number of benzene rings is 2. The van der Waals surface area contributed by atoms with Gasteiger partial charge in [-0.25, -0.2) is 0 Å². The summed E-state index contributed by atoms with van der Waals surface area (Å²) in [5.74, 6) is 1.28. The fraction of sp³-hybridized carbons (Fsp3) is 0.118. The third-order valence-corrected chi connectivity index (χ3v) is 3.71. The molecule has 0 aromatic heterocycles. The summed E-state index contributed by atoms with van der Waals surface area (Å²) >= 11 is 0. The monoisotopic (exact) mass is 346 g/mol. The van der Waals surface area contributed by atoms with Gasteiger partial charge in [0.2, 0.25) is 6.79 Å². The molecule has 2 aromatic rings. The van der Waals surface area contributed by atoms with Gasteiger partial charge in [-0.15, -0.1) is 0 Å². The first-order valence-corrected chi connectivity index (χ1v) is 8.84. The van der Waals surface area contributed by atoms with E-state index in [1.807, 2.05) is 6.07 Å². The zero-order valence-corrected chi connectivity index (χ0v) is 13.6. The number of carbonyl (C=O) groups is 1. The Morgan fingerprint density at radius 2 is 1.79 bits per heavy atom. The summed E-state index contributed by atoms with van der Waals surface area (Å²) < 4.78 is 37.3. The molecule has 2 aromatic carbocycles. The van der Waals surface area contributed by atoms with Gasteiger partial charge in [0.1, 0.15) is 5.75 Å². The average molecular weight is 346 g/mol. The summed E-state index contributed by atoms with van der Waals surface area (Å²) in [6.07, 6.45) is 4.06. The quantitative estimate of drug-likeness (QED) is 0.470. The van der Waals surface area contributed by atoms with Crippen molar-refractivity contribution in [1.29, 1.82) is 0 Å². The van der Waals surface area contributed by atoms with Gasteiger partial charge in [-0.3, -0.25) is 4.79 Å². The molecule has 24 heavy (non-hydrogen) atoms. The molecule has 1 heterocycles. The van der Waals surface area contributed by atoms with Crippen molar-refractivity contribution < 1.29 is 26.9 Å². The third-order valence-electron chi connectivity index (χ3n) is 3.21. The van der Waals surface area contributed by atoms with Gasteiger partial charge < -0.3 is 13.7 Å². The van der Waals surface area contributed by atoms with Crippen LogP contribution in [0.25, 0.3) is 6.08 Å². The van der Waals surface area contributed by atoms with Crippen LogP contribution in [-0.2, 0) is 10.1 Å². The fourth-order valence-corrected chi connectivity index (χ4v) is 2.60. The highest BCUT2D eigenvalue weighted by molar-refractivity contribution is 7.86. The highest BCUT2D eigenvalue weighted by Crippen LogP contribution is 2.32. The van der Waals surface area contributed by atoms with Gasteiger partial charge in [-0.1, -0.05) is 12.1 Å². The van der Waals surface area contributed by atoms with Gasteiger partial charge >= 0.3 is 10.1 Å². The summed E-state index contributed by atoms with van der Waals surface area (Å²) in [5.41, 5.74) is 1.23. The number of hydrogen-bond acceptors (Lipinski definition) is 6. The minimum absolute atomic E-state index is 0.161. The van der Waals surface area contributed by atoms with Crippen LogP contribution >= 0.6 is 0 Å². The molecule has 1 aliphatic rings. The molecule has 3 rings (SSSR count). The fourth-order valence-electron chi connectivity index (χ4n) is 2.13.